The Morgan fingerprint density at radius 1 is 1.15 bits per heavy atom. The molecule has 0 aliphatic rings. The quantitative estimate of drug-likeness (QED) is 0.512. The van der Waals surface area contributed by atoms with Crippen LogP contribution in [0.4, 0.5) is 5.95 Å². The summed E-state index contributed by atoms with van der Waals surface area (Å²) in [5.74, 6) is 0.626. The van der Waals surface area contributed by atoms with E-state index in [2.05, 4.69) is 49.0 Å². The Kier molecular flexibility index (Phi) is 4.91. The highest BCUT2D eigenvalue weighted by Crippen LogP contribution is 2.19. The first-order valence-electron chi connectivity index (χ1n) is 8.93. The maximum Gasteiger partial charge on any atom is 0.223 e. The van der Waals surface area contributed by atoms with E-state index in [-0.39, 0.29) is 0 Å². The van der Waals surface area contributed by atoms with Crippen molar-refractivity contribution >= 4 is 5.95 Å². The molecule has 0 amide bonds. The first kappa shape index (κ1) is 17.0. The normalized spacial score (nSPS) is 10.9. The van der Waals surface area contributed by atoms with Crippen LogP contribution in [0.1, 0.15) is 12.0 Å². The molecule has 27 heavy (non-hydrogen) atoms. The average Bonchev–Trinajstić information content (AvgIpc) is 3.38. The first-order valence-corrected chi connectivity index (χ1v) is 8.93. The SMILES string of the molecule is Cc1cccc(-n2cc(-c3ccnc(NCCCn4ccnc4)n3)cn2)c1. The molecule has 0 aliphatic heterocycles. The fourth-order valence-electron chi connectivity index (χ4n) is 2.85. The number of anilines is 1. The molecule has 7 nitrogen and oxygen atoms in total. The number of imidazole rings is 1. The van der Waals surface area contributed by atoms with Crippen LogP contribution >= 0.6 is 0 Å². The summed E-state index contributed by atoms with van der Waals surface area (Å²) in [5, 5.41) is 7.74. The number of hydrogen-bond donors (Lipinski definition) is 1. The molecule has 0 radical (unpaired) electrons. The molecule has 4 rings (SSSR count). The van der Waals surface area contributed by atoms with Gasteiger partial charge in [0.05, 0.1) is 23.9 Å². The lowest BCUT2D eigenvalue weighted by Crippen LogP contribution is -2.08. The Morgan fingerprint density at radius 3 is 2.96 bits per heavy atom. The van der Waals surface area contributed by atoms with E-state index in [4.69, 9.17) is 0 Å². The van der Waals surface area contributed by atoms with Crippen molar-refractivity contribution in [2.75, 3.05) is 11.9 Å². The van der Waals surface area contributed by atoms with E-state index < -0.39 is 0 Å². The summed E-state index contributed by atoms with van der Waals surface area (Å²) < 4.78 is 3.92. The molecule has 7 heteroatoms. The van der Waals surface area contributed by atoms with E-state index in [0.717, 1.165) is 36.5 Å². The molecule has 0 saturated heterocycles. The van der Waals surface area contributed by atoms with Gasteiger partial charge in [0.15, 0.2) is 0 Å². The predicted octanol–water partition coefficient (Wildman–Crippen LogP) is 3.34. The molecule has 0 spiro atoms. The van der Waals surface area contributed by atoms with E-state index >= 15 is 0 Å². The van der Waals surface area contributed by atoms with Crippen LogP contribution in [0.2, 0.25) is 0 Å². The van der Waals surface area contributed by atoms with Crippen molar-refractivity contribution in [2.24, 2.45) is 0 Å². The molecular weight excluding hydrogens is 338 g/mol. The number of nitrogens with one attached hydrogen (secondary N) is 1. The van der Waals surface area contributed by atoms with Gasteiger partial charge in [-0.2, -0.15) is 5.10 Å². The molecule has 0 saturated carbocycles. The van der Waals surface area contributed by atoms with E-state index in [1.807, 2.05) is 47.8 Å². The molecular formula is C20H21N7. The molecule has 1 N–H and O–H groups in total. The van der Waals surface area contributed by atoms with Crippen molar-refractivity contribution in [3.63, 3.8) is 0 Å². The van der Waals surface area contributed by atoms with Crippen LogP contribution in [0.5, 0.6) is 0 Å². The van der Waals surface area contributed by atoms with Gasteiger partial charge in [-0.1, -0.05) is 12.1 Å². The molecule has 0 unspecified atom stereocenters. The largest absolute Gasteiger partial charge is 0.354 e. The summed E-state index contributed by atoms with van der Waals surface area (Å²) in [6.07, 6.45) is 12.1. The van der Waals surface area contributed by atoms with Gasteiger partial charge in [-0.3, -0.25) is 0 Å². The Bertz CT molecular complexity index is 1000. The minimum atomic E-state index is 0.626. The predicted molar refractivity (Wildman–Crippen MR) is 105 cm³/mol. The highest BCUT2D eigenvalue weighted by atomic mass is 15.3. The van der Waals surface area contributed by atoms with Gasteiger partial charge >= 0.3 is 0 Å². The van der Waals surface area contributed by atoms with E-state index in [1.54, 1.807) is 12.4 Å². The molecule has 3 aromatic heterocycles. The average molecular weight is 359 g/mol. The summed E-state index contributed by atoms with van der Waals surface area (Å²) in [7, 11) is 0. The molecule has 0 aliphatic carbocycles. The second-order valence-electron chi connectivity index (χ2n) is 6.36. The zero-order chi connectivity index (χ0) is 18.5. The van der Waals surface area contributed by atoms with Crippen LogP contribution in [-0.4, -0.2) is 35.8 Å². The molecule has 3 heterocycles. The smallest absolute Gasteiger partial charge is 0.223 e. The maximum atomic E-state index is 4.61. The minimum absolute atomic E-state index is 0.626. The van der Waals surface area contributed by atoms with Crippen LogP contribution in [-0.2, 0) is 6.54 Å². The fraction of sp³-hybridized carbons (Fsp3) is 0.200. The number of hydrogen-bond acceptors (Lipinski definition) is 5. The zero-order valence-corrected chi connectivity index (χ0v) is 15.2. The molecule has 4 aromatic rings. The van der Waals surface area contributed by atoms with Gasteiger partial charge in [-0.05, 0) is 37.1 Å². The second-order valence-corrected chi connectivity index (χ2v) is 6.36. The highest BCUT2D eigenvalue weighted by Gasteiger charge is 2.06. The van der Waals surface area contributed by atoms with E-state index in [0.29, 0.717) is 5.95 Å². The maximum absolute atomic E-state index is 4.61. The first-order chi connectivity index (χ1) is 13.3. The van der Waals surface area contributed by atoms with Crippen molar-refractivity contribution in [1.82, 2.24) is 29.3 Å². The topological polar surface area (TPSA) is 73.5 Å². The molecule has 1 aromatic carbocycles. The van der Waals surface area contributed by atoms with Gasteiger partial charge in [0.1, 0.15) is 0 Å². The summed E-state index contributed by atoms with van der Waals surface area (Å²) in [6.45, 7) is 3.78. The van der Waals surface area contributed by atoms with E-state index in [1.165, 1.54) is 5.56 Å². The van der Waals surface area contributed by atoms with Gasteiger partial charge in [-0.25, -0.2) is 19.6 Å². The molecule has 0 atom stereocenters. The number of rotatable bonds is 7. The van der Waals surface area contributed by atoms with Crippen LogP contribution in [0.25, 0.3) is 16.9 Å². The summed E-state index contributed by atoms with van der Waals surface area (Å²) >= 11 is 0. The van der Waals surface area contributed by atoms with Crippen molar-refractivity contribution in [1.29, 1.82) is 0 Å². The number of benzene rings is 1. The van der Waals surface area contributed by atoms with Crippen LogP contribution in [0.3, 0.4) is 0 Å². The Hall–Kier alpha value is -3.48. The third-order valence-corrected chi connectivity index (χ3v) is 4.24. The molecule has 136 valence electrons. The third kappa shape index (κ3) is 4.20. The Morgan fingerprint density at radius 2 is 2.11 bits per heavy atom. The van der Waals surface area contributed by atoms with Gasteiger partial charge in [0.25, 0.3) is 0 Å². The van der Waals surface area contributed by atoms with E-state index in [9.17, 15) is 0 Å². The van der Waals surface area contributed by atoms with Crippen molar-refractivity contribution in [3.8, 4) is 16.9 Å². The molecule has 0 bridgehead atoms. The van der Waals surface area contributed by atoms with Gasteiger partial charge in [0, 0.05) is 43.4 Å². The van der Waals surface area contributed by atoms with Gasteiger partial charge in [-0.15, -0.1) is 0 Å². The van der Waals surface area contributed by atoms with Gasteiger partial charge < -0.3 is 9.88 Å². The minimum Gasteiger partial charge on any atom is -0.354 e. The third-order valence-electron chi connectivity index (χ3n) is 4.24. The number of aryl methyl sites for hydroxylation is 2. The fourth-order valence-corrected chi connectivity index (χ4v) is 2.85. The van der Waals surface area contributed by atoms with Crippen molar-refractivity contribution in [3.05, 3.63) is 73.2 Å². The lowest BCUT2D eigenvalue weighted by atomic mass is 10.2. The zero-order valence-electron chi connectivity index (χ0n) is 15.2. The molecule has 0 fully saturated rings. The van der Waals surface area contributed by atoms with Crippen LogP contribution in [0.15, 0.2) is 67.6 Å². The highest BCUT2D eigenvalue weighted by molar-refractivity contribution is 5.58. The Labute approximate surface area is 157 Å². The van der Waals surface area contributed by atoms with Crippen molar-refractivity contribution < 1.29 is 0 Å². The summed E-state index contributed by atoms with van der Waals surface area (Å²) in [6, 6.07) is 10.1. The second kappa shape index (κ2) is 7.82. The van der Waals surface area contributed by atoms with Crippen LogP contribution < -0.4 is 5.32 Å². The monoisotopic (exact) mass is 359 g/mol. The number of nitrogens with zero attached hydrogens (tertiary/aromatic N) is 6. The van der Waals surface area contributed by atoms with Crippen molar-refractivity contribution in [2.45, 2.75) is 19.9 Å². The lowest BCUT2D eigenvalue weighted by molar-refractivity contribution is 0.659. The summed E-state index contributed by atoms with van der Waals surface area (Å²) in [5.41, 5.74) is 4.04. The van der Waals surface area contributed by atoms with Gasteiger partial charge in [0.2, 0.25) is 5.95 Å². The summed E-state index contributed by atoms with van der Waals surface area (Å²) in [4.78, 5) is 13.0. The van der Waals surface area contributed by atoms with Crippen LogP contribution in [0, 0.1) is 6.92 Å². The standard InChI is InChI=1S/C20H21N7/c1-16-4-2-5-18(12-16)27-14-17(13-24-27)19-6-8-23-20(25-19)22-7-3-10-26-11-9-21-15-26/h2,4-6,8-9,11-15H,3,7,10H2,1H3,(H,22,23,25). The Balaban J connectivity index is 1.41. The number of aromatic nitrogens is 6. The lowest BCUT2D eigenvalue weighted by Gasteiger charge is -2.06.